The van der Waals surface area contributed by atoms with Crippen molar-refractivity contribution in [3.8, 4) is 22.6 Å². The predicted molar refractivity (Wildman–Crippen MR) is 189 cm³/mol. The third kappa shape index (κ3) is 11.7. The Kier molecular flexibility index (Phi) is 16.0. The van der Waals surface area contributed by atoms with Crippen LogP contribution >= 0.6 is 0 Å². The van der Waals surface area contributed by atoms with Gasteiger partial charge in [0.15, 0.2) is 0 Å². The lowest BCUT2D eigenvalue weighted by molar-refractivity contribution is -0.147. The Morgan fingerprint density at radius 2 is 1.54 bits per heavy atom. The fourth-order valence-corrected chi connectivity index (χ4v) is 6.06. The van der Waals surface area contributed by atoms with E-state index < -0.39 is 24.6 Å². The van der Waals surface area contributed by atoms with Crippen molar-refractivity contribution >= 4 is 11.9 Å². The number of carbonyl (C=O) groups is 2. The molecule has 8 heteroatoms. The Labute approximate surface area is 287 Å². The number of ether oxygens (including phenoxy) is 4. The minimum atomic E-state index is -1.22. The minimum Gasteiger partial charge on any atom is -0.493 e. The molecule has 0 spiro atoms. The summed E-state index contributed by atoms with van der Waals surface area (Å²) in [5.74, 6) is 1.81. The van der Waals surface area contributed by atoms with Crippen molar-refractivity contribution in [2.45, 2.75) is 92.4 Å². The van der Waals surface area contributed by atoms with E-state index >= 15 is 0 Å². The van der Waals surface area contributed by atoms with Gasteiger partial charge in [-0.1, -0.05) is 78.5 Å². The summed E-state index contributed by atoms with van der Waals surface area (Å²) in [5, 5.41) is 20.4. The molecule has 8 nitrogen and oxygen atoms in total. The summed E-state index contributed by atoms with van der Waals surface area (Å²) in [5.41, 5.74) is 3.01. The Morgan fingerprint density at radius 3 is 2.12 bits per heavy atom. The van der Waals surface area contributed by atoms with Crippen LogP contribution in [0.3, 0.4) is 0 Å². The van der Waals surface area contributed by atoms with Crippen molar-refractivity contribution in [3.63, 3.8) is 0 Å². The van der Waals surface area contributed by atoms with Gasteiger partial charge in [-0.15, -0.1) is 0 Å². The molecule has 0 heterocycles. The van der Waals surface area contributed by atoms with Gasteiger partial charge in [0.1, 0.15) is 24.7 Å². The van der Waals surface area contributed by atoms with Gasteiger partial charge in [-0.05, 0) is 84.5 Å². The van der Waals surface area contributed by atoms with E-state index in [0.29, 0.717) is 18.1 Å². The molecular formula is C40H58O8. The Morgan fingerprint density at radius 1 is 0.875 bits per heavy atom. The van der Waals surface area contributed by atoms with Crippen molar-refractivity contribution in [2.75, 3.05) is 39.6 Å². The largest absolute Gasteiger partial charge is 0.493 e. The molecule has 0 unspecified atom stereocenters. The van der Waals surface area contributed by atoms with Gasteiger partial charge < -0.3 is 29.2 Å². The van der Waals surface area contributed by atoms with E-state index in [1.165, 1.54) is 45.4 Å². The summed E-state index contributed by atoms with van der Waals surface area (Å²) >= 11 is 0. The van der Waals surface area contributed by atoms with Crippen molar-refractivity contribution in [3.05, 3.63) is 59.7 Å². The number of aryl methyl sites for hydroxylation is 1. The van der Waals surface area contributed by atoms with E-state index in [2.05, 4.69) is 38.6 Å². The van der Waals surface area contributed by atoms with E-state index in [-0.39, 0.29) is 37.3 Å². The summed E-state index contributed by atoms with van der Waals surface area (Å²) in [6, 6.07) is 12.3. The third-order valence-corrected chi connectivity index (χ3v) is 9.27. The van der Waals surface area contributed by atoms with Crippen LogP contribution in [0.5, 0.6) is 11.5 Å². The molecule has 1 aliphatic carbocycles. The van der Waals surface area contributed by atoms with Crippen LogP contribution in [0.15, 0.2) is 48.6 Å². The molecule has 0 bridgehead atoms. The standard InChI is InChI=1S/C40H58O8/c1-7-9-30-11-13-31(14-12-30)23-46-35-17-15-32(16-18-35)36-21-34(19-20-45-38(43)28(3)4)37(22-33(36)10-8-2)47-26-40(24-41,25-42)27-48-39(44)29(5)6/h15-18,21-22,28,30-31,41-42H,5,7-14,19-20,23-27H2,1-4,6H3. The lowest BCUT2D eigenvalue weighted by Gasteiger charge is -2.30. The molecule has 1 aliphatic rings. The minimum absolute atomic E-state index is 0.0978. The smallest absolute Gasteiger partial charge is 0.333 e. The Balaban J connectivity index is 1.83. The SMILES string of the molecule is C=C(C)C(=O)OCC(CO)(CO)COc1cc(CCC)c(-c2ccc(OCC3CCC(CCC)CC3)cc2)cc1CCOC(=O)C(C)C. The number of carbonyl (C=O) groups excluding carboxylic acids is 2. The van der Waals surface area contributed by atoms with Crippen molar-refractivity contribution in [2.24, 2.45) is 23.2 Å². The van der Waals surface area contributed by atoms with E-state index in [0.717, 1.165) is 53.4 Å². The molecule has 0 aromatic heterocycles. The highest BCUT2D eigenvalue weighted by atomic mass is 16.5. The molecule has 1 saturated carbocycles. The lowest BCUT2D eigenvalue weighted by Crippen LogP contribution is -2.41. The average Bonchev–Trinajstić information content (AvgIpc) is 3.09. The van der Waals surface area contributed by atoms with Crippen molar-refractivity contribution in [1.29, 1.82) is 0 Å². The first-order valence-corrected chi connectivity index (χ1v) is 17.8. The molecule has 0 saturated heterocycles. The molecule has 2 aromatic rings. The summed E-state index contributed by atoms with van der Waals surface area (Å²) < 4.78 is 23.3. The van der Waals surface area contributed by atoms with Gasteiger partial charge in [-0.3, -0.25) is 4.79 Å². The van der Waals surface area contributed by atoms with E-state index in [4.69, 9.17) is 18.9 Å². The quantitative estimate of drug-likeness (QED) is 0.110. The van der Waals surface area contributed by atoms with E-state index in [9.17, 15) is 19.8 Å². The highest BCUT2D eigenvalue weighted by molar-refractivity contribution is 5.86. The Hall–Kier alpha value is -3.36. The second-order valence-corrected chi connectivity index (χ2v) is 13.9. The first-order chi connectivity index (χ1) is 23.0. The fourth-order valence-electron chi connectivity index (χ4n) is 6.06. The van der Waals surface area contributed by atoms with E-state index in [1.54, 1.807) is 13.8 Å². The molecule has 1 fully saturated rings. The maximum Gasteiger partial charge on any atom is 0.333 e. The summed E-state index contributed by atoms with van der Waals surface area (Å²) in [7, 11) is 0. The number of aliphatic hydroxyl groups excluding tert-OH is 2. The molecule has 266 valence electrons. The van der Waals surface area contributed by atoms with Gasteiger partial charge in [0, 0.05) is 12.0 Å². The molecule has 2 aromatic carbocycles. The van der Waals surface area contributed by atoms with Crippen LogP contribution in [0.2, 0.25) is 0 Å². The normalized spacial score (nSPS) is 16.4. The van der Waals surface area contributed by atoms with Crippen LogP contribution in [0.25, 0.3) is 11.1 Å². The van der Waals surface area contributed by atoms with Crippen LogP contribution in [0.4, 0.5) is 0 Å². The zero-order valence-electron chi connectivity index (χ0n) is 29.9. The van der Waals surface area contributed by atoms with Crippen LogP contribution in [-0.2, 0) is 31.9 Å². The second kappa shape index (κ2) is 19.6. The topological polar surface area (TPSA) is 112 Å². The van der Waals surface area contributed by atoms with Gasteiger partial charge in [0.05, 0.1) is 37.8 Å². The first kappa shape index (κ1) is 39.1. The number of aliphatic hydroxyl groups is 2. The number of hydrogen-bond donors (Lipinski definition) is 2. The Bertz CT molecular complexity index is 1300. The highest BCUT2D eigenvalue weighted by Crippen LogP contribution is 2.35. The van der Waals surface area contributed by atoms with Gasteiger partial charge in [-0.25, -0.2) is 4.79 Å². The van der Waals surface area contributed by atoms with Crippen molar-refractivity contribution in [1.82, 2.24) is 0 Å². The lowest BCUT2D eigenvalue weighted by atomic mass is 9.80. The molecule has 48 heavy (non-hydrogen) atoms. The van der Waals surface area contributed by atoms with Crippen molar-refractivity contribution < 1.29 is 38.7 Å². The van der Waals surface area contributed by atoms with Crippen LogP contribution in [0.1, 0.15) is 90.7 Å². The molecule has 3 rings (SSSR count). The van der Waals surface area contributed by atoms with Gasteiger partial charge in [0.2, 0.25) is 0 Å². The number of rotatable bonds is 20. The fraction of sp³-hybridized carbons (Fsp3) is 0.600. The molecule has 0 radical (unpaired) electrons. The van der Waals surface area contributed by atoms with Gasteiger partial charge in [0.25, 0.3) is 0 Å². The van der Waals surface area contributed by atoms with Gasteiger partial charge in [-0.2, -0.15) is 0 Å². The first-order valence-electron chi connectivity index (χ1n) is 17.8. The average molecular weight is 667 g/mol. The van der Waals surface area contributed by atoms with Crippen LogP contribution < -0.4 is 9.47 Å². The number of esters is 2. The summed E-state index contributed by atoms with van der Waals surface area (Å²) in [6.07, 6.45) is 9.82. The third-order valence-electron chi connectivity index (χ3n) is 9.27. The van der Waals surface area contributed by atoms with Crippen LogP contribution in [-0.4, -0.2) is 61.8 Å². The maximum atomic E-state index is 12.2. The second-order valence-electron chi connectivity index (χ2n) is 13.9. The maximum absolute atomic E-state index is 12.2. The van der Waals surface area contributed by atoms with Crippen LogP contribution in [0, 0.1) is 23.2 Å². The van der Waals surface area contributed by atoms with E-state index in [1.807, 2.05) is 18.2 Å². The monoisotopic (exact) mass is 666 g/mol. The molecular weight excluding hydrogens is 608 g/mol. The van der Waals surface area contributed by atoms with Gasteiger partial charge >= 0.3 is 11.9 Å². The predicted octanol–water partition coefficient (Wildman–Crippen LogP) is 7.50. The number of hydrogen-bond acceptors (Lipinski definition) is 8. The molecule has 0 amide bonds. The zero-order chi connectivity index (χ0) is 35.1. The molecule has 0 aliphatic heterocycles. The number of benzene rings is 2. The zero-order valence-corrected chi connectivity index (χ0v) is 29.9. The molecule has 0 atom stereocenters. The summed E-state index contributed by atoms with van der Waals surface area (Å²) in [6.45, 7) is 12.8. The summed E-state index contributed by atoms with van der Waals surface area (Å²) in [4.78, 5) is 24.3. The molecule has 2 N–H and O–H groups in total. The highest BCUT2D eigenvalue weighted by Gasteiger charge is 2.33.